The molecular formula is C15H15F3N4O. The number of anilines is 1. The Balaban J connectivity index is 1.69. The lowest BCUT2D eigenvalue weighted by molar-refractivity contribution is -0.141. The Morgan fingerprint density at radius 1 is 1.09 bits per heavy atom. The first kappa shape index (κ1) is 15.4. The molecule has 2 aromatic rings. The molecule has 1 N–H and O–H groups in total. The van der Waals surface area contributed by atoms with Crippen LogP contribution in [0.4, 0.5) is 18.9 Å². The van der Waals surface area contributed by atoms with Crippen molar-refractivity contribution in [3.63, 3.8) is 0 Å². The number of aromatic nitrogens is 2. The predicted molar refractivity (Wildman–Crippen MR) is 78.1 cm³/mol. The topological polar surface area (TPSA) is 52.2 Å². The Morgan fingerprint density at radius 2 is 1.74 bits per heavy atom. The molecular weight excluding hydrogens is 309 g/mol. The second kappa shape index (κ2) is 5.94. The molecule has 1 aliphatic heterocycles. The zero-order chi connectivity index (χ0) is 16.4. The van der Waals surface area contributed by atoms with Gasteiger partial charge in [-0.25, -0.2) is 0 Å². The molecule has 1 aromatic heterocycles. The van der Waals surface area contributed by atoms with Gasteiger partial charge in [0.15, 0.2) is 5.69 Å². The van der Waals surface area contributed by atoms with Gasteiger partial charge in [-0.3, -0.25) is 9.89 Å². The minimum Gasteiger partial charge on any atom is -0.368 e. The van der Waals surface area contributed by atoms with Gasteiger partial charge in [-0.15, -0.1) is 0 Å². The van der Waals surface area contributed by atoms with Gasteiger partial charge in [0.2, 0.25) is 0 Å². The number of alkyl halides is 3. The number of rotatable bonds is 2. The van der Waals surface area contributed by atoms with Crippen molar-refractivity contribution >= 4 is 11.6 Å². The summed E-state index contributed by atoms with van der Waals surface area (Å²) in [7, 11) is 0. The molecule has 5 nitrogen and oxygen atoms in total. The third-order valence-corrected chi connectivity index (χ3v) is 3.84. The molecule has 0 radical (unpaired) electrons. The van der Waals surface area contributed by atoms with Crippen LogP contribution in [0.1, 0.15) is 16.1 Å². The van der Waals surface area contributed by atoms with Gasteiger partial charge in [-0.1, -0.05) is 18.2 Å². The summed E-state index contributed by atoms with van der Waals surface area (Å²) in [6, 6.07) is 9.70. The summed E-state index contributed by atoms with van der Waals surface area (Å²) in [6.45, 7) is 1.90. The number of nitrogens with zero attached hydrogens (tertiary/aromatic N) is 3. The van der Waals surface area contributed by atoms with Crippen LogP contribution in [0.25, 0.3) is 0 Å². The van der Waals surface area contributed by atoms with Gasteiger partial charge in [0.1, 0.15) is 0 Å². The highest BCUT2D eigenvalue weighted by Crippen LogP contribution is 2.30. The van der Waals surface area contributed by atoms with Crippen molar-refractivity contribution in [1.29, 1.82) is 0 Å². The van der Waals surface area contributed by atoms with Crippen molar-refractivity contribution in [3.05, 3.63) is 47.8 Å². The number of nitrogens with one attached hydrogen (secondary N) is 1. The SMILES string of the molecule is O=C(c1cn[nH]c1C(F)(F)F)N1CCN(c2ccccc2)CC1. The predicted octanol–water partition coefficient (Wildman–Crippen LogP) is 2.39. The van der Waals surface area contributed by atoms with E-state index in [1.807, 2.05) is 35.4 Å². The first-order chi connectivity index (χ1) is 11.0. The van der Waals surface area contributed by atoms with Crippen molar-refractivity contribution < 1.29 is 18.0 Å². The van der Waals surface area contributed by atoms with Crippen LogP contribution in [-0.4, -0.2) is 47.2 Å². The van der Waals surface area contributed by atoms with E-state index in [1.165, 1.54) is 4.90 Å². The van der Waals surface area contributed by atoms with E-state index in [1.54, 1.807) is 0 Å². The third kappa shape index (κ3) is 3.15. The molecule has 1 aromatic carbocycles. The average Bonchev–Trinajstić information content (AvgIpc) is 3.05. The first-order valence-corrected chi connectivity index (χ1v) is 7.16. The number of aromatic amines is 1. The highest BCUT2D eigenvalue weighted by molar-refractivity contribution is 5.95. The Bertz CT molecular complexity index is 676. The number of H-pyrrole nitrogens is 1. The third-order valence-electron chi connectivity index (χ3n) is 3.84. The number of hydrogen-bond donors (Lipinski definition) is 1. The van der Waals surface area contributed by atoms with Crippen LogP contribution in [0.2, 0.25) is 0 Å². The lowest BCUT2D eigenvalue weighted by Gasteiger charge is -2.36. The van der Waals surface area contributed by atoms with Crippen LogP contribution in [0.5, 0.6) is 0 Å². The molecule has 1 fully saturated rings. The summed E-state index contributed by atoms with van der Waals surface area (Å²) in [5.74, 6) is -0.640. The summed E-state index contributed by atoms with van der Waals surface area (Å²) in [6.07, 6.45) is -3.68. The van der Waals surface area contributed by atoms with Gasteiger partial charge in [-0.05, 0) is 12.1 Å². The van der Waals surface area contributed by atoms with Gasteiger partial charge in [0.05, 0.1) is 11.8 Å². The number of carbonyl (C=O) groups is 1. The average molecular weight is 324 g/mol. The lowest BCUT2D eigenvalue weighted by Crippen LogP contribution is -2.49. The number of hydrogen-bond acceptors (Lipinski definition) is 3. The van der Waals surface area contributed by atoms with Gasteiger partial charge >= 0.3 is 6.18 Å². The largest absolute Gasteiger partial charge is 0.433 e. The fraction of sp³-hybridized carbons (Fsp3) is 0.333. The van der Waals surface area contributed by atoms with Crippen molar-refractivity contribution in [2.45, 2.75) is 6.18 Å². The highest BCUT2D eigenvalue weighted by Gasteiger charge is 2.38. The van der Waals surface area contributed by atoms with Crippen LogP contribution in [0.3, 0.4) is 0 Å². The molecule has 3 rings (SSSR count). The van der Waals surface area contributed by atoms with Crippen molar-refractivity contribution in [2.75, 3.05) is 31.1 Å². The number of para-hydroxylation sites is 1. The molecule has 0 unspecified atom stereocenters. The maximum absolute atomic E-state index is 12.8. The number of benzene rings is 1. The molecule has 122 valence electrons. The second-order valence-corrected chi connectivity index (χ2v) is 5.27. The van der Waals surface area contributed by atoms with E-state index < -0.39 is 23.3 Å². The standard InChI is InChI=1S/C15H15F3N4O/c16-15(17,18)13-12(10-19-20-13)14(23)22-8-6-21(7-9-22)11-4-2-1-3-5-11/h1-5,10H,6-9H2,(H,19,20). The molecule has 8 heteroatoms. The molecule has 0 aliphatic carbocycles. The fourth-order valence-electron chi connectivity index (χ4n) is 2.64. The van der Waals surface area contributed by atoms with E-state index in [2.05, 4.69) is 10.00 Å². The molecule has 23 heavy (non-hydrogen) atoms. The minimum absolute atomic E-state index is 0.371. The summed E-state index contributed by atoms with van der Waals surface area (Å²) >= 11 is 0. The van der Waals surface area contributed by atoms with E-state index in [9.17, 15) is 18.0 Å². The van der Waals surface area contributed by atoms with Crippen molar-refractivity contribution in [3.8, 4) is 0 Å². The Hall–Kier alpha value is -2.51. The Labute approximate surface area is 130 Å². The number of piperazine rings is 1. The molecule has 0 bridgehead atoms. The zero-order valence-electron chi connectivity index (χ0n) is 12.2. The minimum atomic E-state index is -4.62. The summed E-state index contributed by atoms with van der Waals surface area (Å²) in [5, 5.41) is 5.23. The molecule has 0 spiro atoms. The number of amides is 1. The van der Waals surface area contributed by atoms with E-state index in [0.717, 1.165) is 11.9 Å². The van der Waals surface area contributed by atoms with Crippen LogP contribution >= 0.6 is 0 Å². The van der Waals surface area contributed by atoms with Gasteiger partial charge in [0.25, 0.3) is 5.91 Å². The molecule has 1 saturated heterocycles. The maximum Gasteiger partial charge on any atom is 0.433 e. The van der Waals surface area contributed by atoms with Crippen LogP contribution in [-0.2, 0) is 6.18 Å². The number of halogens is 3. The molecule has 0 atom stereocenters. The van der Waals surface area contributed by atoms with E-state index in [4.69, 9.17) is 0 Å². The number of carbonyl (C=O) groups excluding carboxylic acids is 1. The lowest BCUT2D eigenvalue weighted by atomic mass is 10.2. The zero-order valence-corrected chi connectivity index (χ0v) is 12.2. The first-order valence-electron chi connectivity index (χ1n) is 7.16. The fourth-order valence-corrected chi connectivity index (χ4v) is 2.64. The summed E-state index contributed by atoms with van der Waals surface area (Å²) in [4.78, 5) is 15.9. The van der Waals surface area contributed by atoms with Gasteiger partial charge in [0, 0.05) is 31.9 Å². The van der Waals surface area contributed by atoms with Crippen LogP contribution in [0.15, 0.2) is 36.5 Å². The van der Waals surface area contributed by atoms with Gasteiger partial charge < -0.3 is 9.80 Å². The van der Waals surface area contributed by atoms with Gasteiger partial charge in [-0.2, -0.15) is 18.3 Å². The Morgan fingerprint density at radius 3 is 2.35 bits per heavy atom. The summed E-state index contributed by atoms with van der Waals surface area (Å²) < 4.78 is 38.5. The molecule has 2 heterocycles. The molecule has 0 saturated carbocycles. The van der Waals surface area contributed by atoms with E-state index in [0.29, 0.717) is 26.2 Å². The normalized spacial score (nSPS) is 15.8. The van der Waals surface area contributed by atoms with Crippen molar-refractivity contribution in [2.24, 2.45) is 0 Å². The maximum atomic E-state index is 12.8. The quantitative estimate of drug-likeness (QED) is 0.923. The molecule has 1 amide bonds. The monoisotopic (exact) mass is 324 g/mol. The summed E-state index contributed by atoms with van der Waals surface area (Å²) in [5.41, 5.74) is -0.474. The highest BCUT2D eigenvalue weighted by atomic mass is 19.4. The molecule has 1 aliphatic rings. The van der Waals surface area contributed by atoms with E-state index >= 15 is 0 Å². The van der Waals surface area contributed by atoms with Crippen LogP contribution < -0.4 is 4.90 Å². The second-order valence-electron chi connectivity index (χ2n) is 5.27. The van der Waals surface area contributed by atoms with Crippen LogP contribution in [0, 0.1) is 0 Å². The van der Waals surface area contributed by atoms with Crippen molar-refractivity contribution in [1.82, 2.24) is 15.1 Å². The Kier molecular flexibility index (Phi) is 3.97. The smallest absolute Gasteiger partial charge is 0.368 e. The van der Waals surface area contributed by atoms with E-state index in [-0.39, 0.29) is 0 Å².